The Morgan fingerprint density at radius 3 is 2.71 bits per heavy atom. The fourth-order valence-electron chi connectivity index (χ4n) is 1.63. The number of hydrogen-bond donors (Lipinski definition) is 1. The Bertz CT molecular complexity index is 580. The molecule has 2 rings (SSSR count). The second-order valence-corrected chi connectivity index (χ2v) is 7.50. The molecule has 0 saturated carbocycles. The van der Waals surface area contributed by atoms with Crippen molar-refractivity contribution < 1.29 is 13.5 Å². The van der Waals surface area contributed by atoms with Crippen LogP contribution in [0.1, 0.15) is 17.4 Å². The first-order chi connectivity index (χ1) is 7.96. The third-order valence-corrected chi connectivity index (χ3v) is 4.73. The van der Waals surface area contributed by atoms with Gasteiger partial charge in [-0.3, -0.25) is 0 Å². The van der Waals surface area contributed by atoms with Crippen molar-refractivity contribution in [1.29, 1.82) is 0 Å². The van der Waals surface area contributed by atoms with E-state index in [0.717, 1.165) is 15.0 Å². The van der Waals surface area contributed by atoms with E-state index in [0.29, 0.717) is 0 Å². The highest BCUT2D eigenvalue weighted by atomic mass is 32.2. The molecule has 3 nitrogen and oxygen atoms in total. The van der Waals surface area contributed by atoms with E-state index in [-0.39, 0.29) is 12.2 Å². The summed E-state index contributed by atoms with van der Waals surface area (Å²) in [5, 5.41) is 11.0. The van der Waals surface area contributed by atoms with E-state index >= 15 is 0 Å². The van der Waals surface area contributed by atoms with E-state index in [1.807, 2.05) is 30.3 Å². The topological polar surface area (TPSA) is 54.4 Å². The van der Waals surface area contributed by atoms with Crippen molar-refractivity contribution in [3.63, 3.8) is 0 Å². The van der Waals surface area contributed by atoms with Gasteiger partial charge in [-0.1, -0.05) is 18.2 Å². The highest BCUT2D eigenvalue weighted by molar-refractivity contribution is 7.90. The quantitative estimate of drug-likeness (QED) is 0.928. The molecule has 1 N–H and O–H groups in total. The smallest absolute Gasteiger partial charge is 0.147 e. The fourth-order valence-corrected chi connectivity index (χ4v) is 3.37. The van der Waals surface area contributed by atoms with Crippen LogP contribution < -0.4 is 0 Å². The summed E-state index contributed by atoms with van der Waals surface area (Å²) in [5.41, 5.74) is 0. The van der Waals surface area contributed by atoms with Crippen molar-refractivity contribution >= 4 is 31.3 Å². The molecular weight excluding hydrogens is 256 g/mol. The van der Waals surface area contributed by atoms with Crippen LogP contribution in [0.4, 0.5) is 0 Å². The van der Waals surface area contributed by atoms with E-state index in [9.17, 15) is 13.5 Å². The summed E-state index contributed by atoms with van der Waals surface area (Å²) < 4.78 is 23.2. The Hall–Kier alpha value is -0.910. The minimum Gasteiger partial charge on any atom is -0.388 e. The molecule has 0 bridgehead atoms. The molecule has 5 heteroatoms. The van der Waals surface area contributed by atoms with Gasteiger partial charge in [0.15, 0.2) is 0 Å². The molecule has 0 fully saturated rings. The van der Waals surface area contributed by atoms with Crippen molar-refractivity contribution in [2.45, 2.75) is 12.5 Å². The second-order valence-electron chi connectivity index (χ2n) is 4.12. The molecule has 0 aliphatic carbocycles. The summed E-state index contributed by atoms with van der Waals surface area (Å²) in [6.07, 6.45) is 0.748. The van der Waals surface area contributed by atoms with E-state index < -0.39 is 15.9 Å². The van der Waals surface area contributed by atoms with Crippen molar-refractivity contribution in [2.24, 2.45) is 0 Å². The van der Waals surface area contributed by atoms with Crippen LogP contribution in [-0.4, -0.2) is 25.5 Å². The zero-order valence-corrected chi connectivity index (χ0v) is 11.1. The van der Waals surface area contributed by atoms with Gasteiger partial charge in [0.05, 0.1) is 11.9 Å². The molecule has 0 spiro atoms. The first-order valence-corrected chi connectivity index (χ1v) is 8.18. The molecule has 1 aromatic heterocycles. The van der Waals surface area contributed by atoms with E-state index in [2.05, 4.69) is 0 Å². The van der Waals surface area contributed by atoms with Gasteiger partial charge in [0.1, 0.15) is 9.84 Å². The van der Waals surface area contributed by atoms with Crippen LogP contribution in [0.5, 0.6) is 0 Å². The van der Waals surface area contributed by atoms with Gasteiger partial charge in [-0.25, -0.2) is 8.42 Å². The lowest BCUT2D eigenvalue weighted by Crippen LogP contribution is -2.07. The summed E-state index contributed by atoms with van der Waals surface area (Å²) in [6.45, 7) is 0. The normalized spacial score (nSPS) is 14.0. The number of fused-ring (bicyclic) bond motifs is 1. The van der Waals surface area contributed by atoms with Gasteiger partial charge in [0.2, 0.25) is 0 Å². The monoisotopic (exact) mass is 270 g/mol. The van der Waals surface area contributed by atoms with Crippen LogP contribution in [0.3, 0.4) is 0 Å². The van der Waals surface area contributed by atoms with E-state index in [1.54, 1.807) is 0 Å². The van der Waals surface area contributed by atoms with E-state index in [1.165, 1.54) is 17.6 Å². The summed E-state index contributed by atoms with van der Waals surface area (Å²) in [4.78, 5) is 0.829. The third-order valence-electron chi connectivity index (χ3n) is 2.54. The standard InChI is InChI=1S/C12H14O3S2/c1-17(14,15)7-6-10(13)12-8-9-4-2-3-5-11(9)16-12/h2-5,8,10,13H,6-7H2,1H3. The molecule has 17 heavy (non-hydrogen) atoms. The lowest BCUT2D eigenvalue weighted by Gasteiger charge is -2.06. The average molecular weight is 270 g/mol. The Balaban J connectivity index is 2.16. The van der Waals surface area contributed by atoms with Gasteiger partial charge in [-0.2, -0.15) is 0 Å². The van der Waals surface area contributed by atoms with Crippen LogP contribution in [0.15, 0.2) is 30.3 Å². The number of thiophene rings is 1. The van der Waals surface area contributed by atoms with Crippen LogP contribution in [0.2, 0.25) is 0 Å². The molecule has 2 aromatic rings. The molecule has 0 radical (unpaired) electrons. The minimum absolute atomic E-state index is 0.0163. The highest BCUT2D eigenvalue weighted by Crippen LogP contribution is 2.31. The van der Waals surface area contributed by atoms with Crippen LogP contribution in [0, 0.1) is 0 Å². The molecule has 1 heterocycles. The largest absolute Gasteiger partial charge is 0.388 e. The first-order valence-electron chi connectivity index (χ1n) is 5.30. The molecule has 1 atom stereocenters. The molecular formula is C12H14O3S2. The maximum absolute atomic E-state index is 11.0. The SMILES string of the molecule is CS(=O)(=O)CCC(O)c1cc2ccccc2s1. The maximum atomic E-state index is 11.0. The number of sulfone groups is 1. The van der Waals surface area contributed by atoms with Crippen molar-refractivity contribution in [3.05, 3.63) is 35.2 Å². The van der Waals surface area contributed by atoms with Crippen molar-refractivity contribution in [2.75, 3.05) is 12.0 Å². The first kappa shape index (κ1) is 12.5. The van der Waals surface area contributed by atoms with Gasteiger partial charge >= 0.3 is 0 Å². The fraction of sp³-hybridized carbons (Fsp3) is 0.333. The van der Waals surface area contributed by atoms with Gasteiger partial charge in [0.25, 0.3) is 0 Å². The molecule has 1 unspecified atom stereocenters. The van der Waals surface area contributed by atoms with Gasteiger partial charge in [0, 0.05) is 15.8 Å². The number of hydrogen-bond acceptors (Lipinski definition) is 4. The van der Waals surface area contributed by atoms with Gasteiger partial charge in [-0.15, -0.1) is 11.3 Å². The average Bonchev–Trinajstić information content (AvgIpc) is 2.68. The Morgan fingerprint density at radius 1 is 1.35 bits per heavy atom. The summed E-state index contributed by atoms with van der Waals surface area (Å²) in [6, 6.07) is 9.80. The van der Waals surface area contributed by atoms with E-state index in [4.69, 9.17) is 0 Å². The molecule has 0 aliphatic rings. The van der Waals surface area contributed by atoms with Crippen molar-refractivity contribution in [3.8, 4) is 0 Å². The molecule has 0 amide bonds. The summed E-state index contributed by atoms with van der Waals surface area (Å²) in [7, 11) is -3.01. The zero-order chi connectivity index (χ0) is 12.5. The van der Waals surface area contributed by atoms with Gasteiger partial charge < -0.3 is 5.11 Å². The lowest BCUT2D eigenvalue weighted by atomic mass is 10.2. The number of rotatable bonds is 4. The highest BCUT2D eigenvalue weighted by Gasteiger charge is 2.13. The zero-order valence-electron chi connectivity index (χ0n) is 9.46. The third kappa shape index (κ3) is 3.28. The van der Waals surface area contributed by atoms with Crippen LogP contribution >= 0.6 is 11.3 Å². The molecule has 0 aliphatic heterocycles. The second kappa shape index (κ2) is 4.76. The summed E-state index contributed by atoms with van der Waals surface area (Å²) >= 11 is 1.51. The maximum Gasteiger partial charge on any atom is 0.147 e. The minimum atomic E-state index is -3.01. The molecule has 0 saturated heterocycles. The Morgan fingerprint density at radius 2 is 2.06 bits per heavy atom. The summed E-state index contributed by atoms with van der Waals surface area (Å²) in [5.74, 6) is 0.0163. The van der Waals surface area contributed by atoms with Crippen LogP contribution in [0.25, 0.3) is 10.1 Å². The Labute approximate surface area is 105 Å². The predicted molar refractivity (Wildman–Crippen MR) is 71.1 cm³/mol. The van der Waals surface area contributed by atoms with Gasteiger partial charge in [-0.05, 0) is 23.9 Å². The lowest BCUT2D eigenvalue weighted by molar-refractivity contribution is 0.178. The molecule has 92 valence electrons. The number of aliphatic hydroxyl groups is 1. The van der Waals surface area contributed by atoms with Crippen LogP contribution in [-0.2, 0) is 9.84 Å². The molecule has 1 aromatic carbocycles. The predicted octanol–water partition coefficient (Wildman–Crippen LogP) is 2.37. The number of benzene rings is 1. The Kier molecular flexibility index (Phi) is 3.51. The number of aliphatic hydroxyl groups excluding tert-OH is 1. The van der Waals surface area contributed by atoms with Crippen molar-refractivity contribution in [1.82, 2.24) is 0 Å².